The maximum absolute atomic E-state index is 12.8. The summed E-state index contributed by atoms with van der Waals surface area (Å²) in [5.41, 5.74) is -1.80. The number of carbonyl (C=O) groups is 4. The van der Waals surface area contributed by atoms with E-state index in [9.17, 15) is 24.3 Å². The van der Waals surface area contributed by atoms with Gasteiger partial charge in [0, 0.05) is 24.6 Å². The molecule has 2 saturated heterocycles. The van der Waals surface area contributed by atoms with Crippen LogP contribution in [0.4, 0.5) is 5.00 Å². The van der Waals surface area contributed by atoms with Gasteiger partial charge in [-0.2, -0.15) is 0 Å². The third kappa shape index (κ3) is 3.36. The maximum Gasteiger partial charge on any atom is 0.326 e. The highest BCUT2D eigenvalue weighted by molar-refractivity contribution is 9.09. The Labute approximate surface area is 172 Å². The molecule has 11 heteroatoms. The number of hydrogen-bond donors (Lipinski definition) is 1. The lowest BCUT2D eigenvalue weighted by Gasteiger charge is -2.55. The summed E-state index contributed by atoms with van der Waals surface area (Å²) in [5, 5.41) is 12.1. The van der Waals surface area contributed by atoms with Crippen LogP contribution in [0, 0.1) is 5.41 Å². The number of anilines is 1. The molecule has 2 aliphatic rings. The van der Waals surface area contributed by atoms with Crippen molar-refractivity contribution in [3.05, 3.63) is 17.5 Å². The zero-order valence-corrected chi connectivity index (χ0v) is 17.5. The number of esters is 1. The number of rotatable bonds is 6. The van der Waals surface area contributed by atoms with Crippen LogP contribution >= 0.6 is 39.0 Å². The van der Waals surface area contributed by atoms with Gasteiger partial charge in [0.15, 0.2) is 5.41 Å². The summed E-state index contributed by atoms with van der Waals surface area (Å²) < 4.78 is 5.03. The lowest BCUT2D eigenvalue weighted by molar-refractivity contribution is -0.172. The van der Waals surface area contributed by atoms with Gasteiger partial charge in [-0.1, -0.05) is 15.9 Å². The Morgan fingerprint density at radius 2 is 2.22 bits per heavy atom. The van der Waals surface area contributed by atoms with Crippen LogP contribution in [0.25, 0.3) is 0 Å². The van der Waals surface area contributed by atoms with E-state index < -0.39 is 23.4 Å². The van der Waals surface area contributed by atoms with E-state index in [1.165, 1.54) is 39.8 Å². The van der Waals surface area contributed by atoms with Gasteiger partial charge in [0.2, 0.25) is 11.8 Å². The lowest BCUT2D eigenvalue weighted by atomic mass is 9.87. The average Bonchev–Trinajstić information content (AvgIpc) is 3.16. The van der Waals surface area contributed by atoms with Gasteiger partial charge in [-0.05, 0) is 17.5 Å². The van der Waals surface area contributed by atoms with Crippen LogP contribution in [0.5, 0.6) is 0 Å². The molecular formula is C16H17BrN2O6S2. The second kappa shape index (κ2) is 7.80. The summed E-state index contributed by atoms with van der Waals surface area (Å²) in [5.74, 6) is -2.81. The van der Waals surface area contributed by atoms with Gasteiger partial charge in [0.25, 0.3) is 0 Å². The predicted molar refractivity (Wildman–Crippen MR) is 104 cm³/mol. The number of aliphatic carboxylic acids is 1. The standard InChI is InChI=1S/C16H17BrN2O6S2/c1-9(20)19(10-3-2-6-26-10)11-12(21)18-7-16(14(22)23,8-27-13(11)18)15(24)25-5-4-17/h2-3,6,11,13H,4-5,7-8H2,1H3,(H,22,23)/t11?,13-,16?/m1/s1. The summed E-state index contributed by atoms with van der Waals surface area (Å²) in [6, 6.07) is 2.85. The van der Waals surface area contributed by atoms with Gasteiger partial charge in [-0.3, -0.25) is 24.1 Å². The van der Waals surface area contributed by atoms with E-state index >= 15 is 0 Å². The van der Waals surface area contributed by atoms with Crippen molar-refractivity contribution in [1.82, 2.24) is 4.90 Å². The first kappa shape index (κ1) is 20.2. The van der Waals surface area contributed by atoms with Gasteiger partial charge >= 0.3 is 11.9 Å². The molecule has 0 aliphatic carbocycles. The van der Waals surface area contributed by atoms with E-state index in [0.29, 0.717) is 10.3 Å². The molecule has 3 atom stereocenters. The molecule has 2 aliphatic heterocycles. The van der Waals surface area contributed by atoms with Crippen molar-refractivity contribution in [2.75, 3.05) is 29.1 Å². The van der Waals surface area contributed by atoms with Crippen molar-refractivity contribution in [3.63, 3.8) is 0 Å². The molecule has 3 heterocycles. The minimum absolute atomic E-state index is 0.0232. The Bertz CT molecular complexity index is 773. The Balaban J connectivity index is 1.81. The summed E-state index contributed by atoms with van der Waals surface area (Å²) in [4.78, 5) is 51.9. The first-order valence-electron chi connectivity index (χ1n) is 8.05. The second-order valence-electron chi connectivity index (χ2n) is 6.17. The number of amides is 2. The van der Waals surface area contributed by atoms with E-state index in [1.807, 2.05) is 5.38 Å². The molecule has 8 nitrogen and oxygen atoms in total. The van der Waals surface area contributed by atoms with Gasteiger partial charge < -0.3 is 14.7 Å². The van der Waals surface area contributed by atoms with Crippen molar-refractivity contribution in [3.8, 4) is 0 Å². The minimum atomic E-state index is -1.80. The molecule has 0 aromatic carbocycles. The number of β-lactam (4-membered cyclic amide) rings is 1. The topological polar surface area (TPSA) is 104 Å². The number of alkyl halides is 1. The molecule has 1 aromatic heterocycles. The van der Waals surface area contributed by atoms with E-state index in [2.05, 4.69) is 15.9 Å². The molecule has 2 unspecified atom stereocenters. The quantitative estimate of drug-likeness (QED) is 0.286. The highest BCUT2D eigenvalue weighted by Gasteiger charge is 2.62. The second-order valence-corrected chi connectivity index (χ2v) is 8.99. The van der Waals surface area contributed by atoms with E-state index in [1.54, 1.807) is 12.1 Å². The van der Waals surface area contributed by atoms with Crippen LogP contribution in [0.1, 0.15) is 6.92 Å². The molecular weight excluding hydrogens is 460 g/mol. The van der Waals surface area contributed by atoms with E-state index in [0.717, 1.165) is 0 Å². The van der Waals surface area contributed by atoms with Crippen molar-refractivity contribution in [2.45, 2.75) is 18.3 Å². The number of carboxylic acid groups (broad SMARTS) is 1. The average molecular weight is 477 g/mol. The third-order valence-corrected chi connectivity index (χ3v) is 7.23. The van der Waals surface area contributed by atoms with Crippen LogP contribution in [-0.2, 0) is 23.9 Å². The number of fused-ring (bicyclic) bond motifs is 1. The molecule has 2 fully saturated rings. The van der Waals surface area contributed by atoms with Crippen LogP contribution in [0.2, 0.25) is 0 Å². The zero-order valence-electron chi connectivity index (χ0n) is 14.3. The van der Waals surface area contributed by atoms with Crippen LogP contribution in [0.3, 0.4) is 0 Å². The molecule has 0 spiro atoms. The Kier molecular flexibility index (Phi) is 5.82. The van der Waals surface area contributed by atoms with E-state index in [4.69, 9.17) is 4.74 Å². The monoisotopic (exact) mass is 476 g/mol. The number of nitrogens with zero attached hydrogens (tertiary/aromatic N) is 2. The normalized spacial score (nSPS) is 26.7. The fraction of sp³-hybridized carbons (Fsp3) is 0.500. The number of thioether (sulfide) groups is 1. The SMILES string of the molecule is CC(=O)N(c1cccs1)C1C(=O)N2CC(C(=O)O)(C(=O)OCCBr)CS[C@H]12. The molecule has 146 valence electrons. The fourth-order valence-electron chi connectivity index (χ4n) is 3.16. The first-order valence-corrected chi connectivity index (χ1v) is 11.1. The number of thiophene rings is 1. The van der Waals surface area contributed by atoms with E-state index in [-0.39, 0.29) is 36.1 Å². The first-order chi connectivity index (χ1) is 12.8. The van der Waals surface area contributed by atoms with Gasteiger partial charge in [0.05, 0.1) is 5.00 Å². The minimum Gasteiger partial charge on any atom is -0.480 e. The molecule has 1 aromatic rings. The van der Waals surface area contributed by atoms with Crippen molar-refractivity contribution < 1.29 is 29.0 Å². The number of hydrogen-bond acceptors (Lipinski definition) is 7. The molecule has 3 rings (SSSR count). The summed E-state index contributed by atoms with van der Waals surface area (Å²) in [6.45, 7) is 1.18. The molecule has 0 bridgehead atoms. The van der Waals surface area contributed by atoms with Crippen molar-refractivity contribution >= 4 is 67.8 Å². The number of carboxylic acids is 1. The smallest absolute Gasteiger partial charge is 0.326 e. The number of ether oxygens (including phenoxy) is 1. The molecule has 27 heavy (non-hydrogen) atoms. The largest absolute Gasteiger partial charge is 0.480 e. The fourth-order valence-corrected chi connectivity index (χ4v) is 5.70. The number of carbonyl (C=O) groups excluding carboxylic acids is 3. The highest BCUT2D eigenvalue weighted by Crippen LogP contribution is 2.45. The Morgan fingerprint density at radius 3 is 2.78 bits per heavy atom. The number of halogens is 1. The molecule has 0 saturated carbocycles. The predicted octanol–water partition coefficient (Wildman–Crippen LogP) is 1.39. The zero-order chi connectivity index (χ0) is 19.8. The van der Waals surface area contributed by atoms with Crippen LogP contribution in [0.15, 0.2) is 17.5 Å². The summed E-state index contributed by atoms with van der Waals surface area (Å²) in [6.07, 6.45) is 0. The Morgan fingerprint density at radius 1 is 1.48 bits per heavy atom. The molecule has 1 N–H and O–H groups in total. The van der Waals surface area contributed by atoms with Crippen molar-refractivity contribution in [2.24, 2.45) is 5.41 Å². The highest BCUT2D eigenvalue weighted by atomic mass is 79.9. The van der Waals surface area contributed by atoms with Gasteiger partial charge in [-0.25, -0.2) is 0 Å². The molecule has 2 amide bonds. The van der Waals surface area contributed by atoms with Crippen molar-refractivity contribution in [1.29, 1.82) is 0 Å². The lowest BCUT2D eigenvalue weighted by Crippen LogP contribution is -2.75. The van der Waals surface area contributed by atoms with Crippen LogP contribution in [-0.4, -0.2) is 69.4 Å². The summed E-state index contributed by atoms with van der Waals surface area (Å²) in [7, 11) is 0. The third-order valence-electron chi connectivity index (χ3n) is 4.53. The maximum atomic E-state index is 12.8. The Hall–Kier alpha value is -1.59. The van der Waals surface area contributed by atoms with Crippen LogP contribution < -0.4 is 4.90 Å². The molecule has 0 radical (unpaired) electrons. The summed E-state index contributed by atoms with van der Waals surface area (Å²) >= 11 is 5.66. The van der Waals surface area contributed by atoms with Gasteiger partial charge in [0.1, 0.15) is 18.0 Å². The van der Waals surface area contributed by atoms with Gasteiger partial charge in [-0.15, -0.1) is 23.1 Å².